The maximum Gasteiger partial charge on any atom is 0.142 e. The number of methoxy groups -OCH3 is 1. The summed E-state index contributed by atoms with van der Waals surface area (Å²) in [6.45, 7) is 0. The van der Waals surface area contributed by atoms with Gasteiger partial charge in [-0.3, -0.25) is 0 Å². The maximum absolute atomic E-state index is 10.3. The lowest BCUT2D eigenvalue weighted by Crippen LogP contribution is -2.05. The standard InChI is InChI=1S/C14H15NO3/c1-18-12-7-3-6-11(13(12)15)14(17)9-4-2-5-10(16)8-9/h2-8,14,16-17H,15H2,1H3. The van der Waals surface area contributed by atoms with Crippen LogP contribution in [-0.4, -0.2) is 17.3 Å². The fourth-order valence-electron chi connectivity index (χ4n) is 1.85. The van der Waals surface area contributed by atoms with Gasteiger partial charge in [0.25, 0.3) is 0 Å². The number of phenols is 1. The first kappa shape index (κ1) is 12.3. The molecule has 0 spiro atoms. The number of nitrogen functional groups attached to an aromatic ring is 1. The Morgan fingerprint density at radius 3 is 2.56 bits per heavy atom. The average molecular weight is 245 g/mol. The van der Waals surface area contributed by atoms with Crippen LogP contribution in [-0.2, 0) is 0 Å². The summed E-state index contributed by atoms with van der Waals surface area (Å²) >= 11 is 0. The molecule has 0 aromatic heterocycles. The molecule has 2 aromatic carbocycles. The van der Waals surface area contributed by atoms with E-state index in [1.165, 1.54) is 13.2 Å². The lowest BCUT2D eigenvalue weighted by molar-refractivity contribution is 0.220. The van der Waals surface area contributed by atoms with E-state index in [0.29, 0.717) is 22.6 Å². The monoisotopic (exact) mass is 245 g/mol. The van der Waals surface area contributed by atoms with Crippen LogP contribution in [0.5, 0.6) is 11.5 Å². The van der Waals surface area contributed by atoms with Gasteiger partial charge in [-0.25, -0.2) is 0 Å². The molecule has 0 aliphatic carbocycles. The molecule has 0 fully saturated rings. The second-order valence-corrected chi connectivity index (χ2v) is 3.96. The normalized spacial score (nSPS) is 12.1. The summed E-state index contributed by atoms with van der Waals surface area (Å²) in [6, 6.07) is 11.7. The van der Waals surface area contributed by atoms with E-state index in [2.05, 4.69) is 0 Å². The van der Waals surface area contributed by atoms with Crippen LogP contribution >= 0.6 is 0 Å². The molecule has 0 saturated heterocycles. The Hall–Kier alpha value is -2.20. The number of para-hydroxylation sites is 1. The van der Waals surface area contributed by atoms with Gasteiger partial charge in [-0.1, -0.05) is 24.3 Å². The molecule has 1 atom stereocenters. The largest absolute Gasteiger partial charge is 0.508 e. The molecule has 2 aromatic rings. The molecule has 0 heterocycles. The third kappa shape index (κ3) is 2.24. The van der Waals surface area contributed by atoms with E-state index < -0.39 is 6.10 Å². The van der Waals surface area contributed by atoms with Crippen molar-refractivity contribution in [3.63, 3.8) is 0 Å². The predicted molar refractivity (Wildman–Crippen MR) is 69.6 cm³/mol. The number of nitrogens with two attached hydrogens (primary N) is 1. The molecule has 0 saturated carbocycles. The topological polar surface area (TPSA) is 75.7 Å². The number of benzene rings is 2. The fraction of sp³-hybridized carbons (Fsp3) is 0.143. The number of rotatable bonds is 3. The highest BCUT2D eigenvalue weighted by Gasteiger charge is 2.16. The van der Waals surface area contributed by atoms with Gasteiger partial charge in [0.15, 0.2) is 0 Å². The summed E-state index contributed by atoms with van der Waals surface area (Å²) in [6.07, 6.45) is -0.896. The molecule has 0 bridgehead atoms. The van der Waals surface area contributed by atoms with Crippen LogP contribution < -0.4 is 10.5 Å². The zero-order valence-electron chi connectivity index (χ0n) is 10.00. The molecule has 18 heavy (non-hydrogen) atoms. The third-order valence-electron chi connectivity index (χ3n) is 2.80. The summed E-state index contributed by atoms with van der Waals surface area (Å²) in [5.41, 5.74) is 7.46. The molecular formula is C14H15NO3. The van der Waals surface area contributed by atoms with Gasteiger partial charge >= 0.3 is 0 Å². The van der Waals surface area contributed by atoms with Crippen molar-refractivity contribution in [3.8, 4) is 11.5 Å². The van der Waals surface area contributed by atoms with E-state index >= 15 is 0 Å². The summed E-state index contributed by atoms with van der Waals surface area (Å²) in [7, 11) is 1.52. The first-order valence-electron chi connectivity index (χ1n) is 5.53. The van der Waals surface area contributed by atoms with E-state index in [0.717, 1.165) is 0 Å². The van der Waals surface area contributed by atoms with E-state index in [9.17, 15) is 10.2 Å². The van der Waals surface area contributed by atoms with E-state index in [1.807, 2.05) is 0 Å². The third-order valence-corrected chi connectivity index (χ3v) is 2.80. The fourth-order valence-corrected chi connectivity index (χ4v) is 1.85. The number of phenolic OH excluding ortho intramolecular Hbond substituents is 1. The van der Waals surface area contributed by atoms with Crippen LogP contribution in [0.1, 0.15) is 17.2 Å². The number of hydrogen-bond donors (Lipinski definition) is 3. The van der Waals surface area contributed by atoms with Crippen LogP contribution in [0.25, 0.3) is 0 Å². The number of aliphatic hydroxyl groups excluding tert-OH is 1. The quantitative estimate of drug-likeness (QED) is 0.723. The van der Waals surface area contributed by atoms with Gasteiger partial charge in [0.05, 0.1) is 12.8 Å². The Morgan fingerprint density at radius 2 is 1.89 bits per heavy atom. The Kier molecular flexibility index (Phi) is 3.39. The molecule has 0 aliphatic heterocycles. The Labute approximate surface area is 105 Å². The Bertz CT molecular complexity index is 554. The minimum atomic E-state index is -0.896. The van der Waals surface area contributed by atoms with Crippen LogP contribution in [0.3, 0.4) is 0 Å². The van der Waals surface area contributed by atoms with Crippen molar-refractivity contribution in [1.82, 2.24) is 0 Å². The molecule has 4 heteroatoms. The van der Waals surface area contributed by atoms with Crippen molar-refractivity contribution in [3.05, 3.63) is 53.6 Å². The average Bonchev–Trinajstić information content (AvgIpc) is 2.38. The first-order valence-corrected chi connectivity index (χ1v) is 5.53. The highest BCUT2D eigenvalue weighted by atomic mass is 16.5. The Morgan fingerprint density at radius 1 is 1.17 bits per heavy atom. The minimum absolute atomic E-state index is 0.105. The van der Waals surface area contributed by atoms with Crippen molar-refractivity contribution >= 4 is 5.69 Å². The molecule has 2 rings (SSSR count). The van der Waals surface area contributed by atoms with Gasteiger partial charge in [0, 0.05) is 5.56 Å². The maximum atomic E-state index is 10.3. The van der Waals surface area contributed by atoms with Crippen LogP contribution in [0.2, 0.25) is 0 Å². The smallest absolute Gasteiger partial charge is 0.142 e. The van der Waals surface area contributed by atoms with Crippen molar-refractivity contribution < 1.29 is 14.9 Å². The molecule has 4 N–H and O–H groups in total. The molecule has 4 nitrogen and oxygen atoms in total. The minimum Gasteiger partial charge on any atom is -0.508 e. The molecular weight excluding hydrogens is 230 g/mol. The van der Waals surface area contributed by atoms with Crippen LogP contribution in [0.4, 0.5) is 5.69 Å². The van der Waals surface area contributed by atoms with Gasteiger partial charge in [0.1, 0.15) is 17.6 Å². The molecule has 0 amide bonds. The summed E-state index contributed by atoms with van der Waals surface area (Å²) < 4.78 is 5.11. The zero-order chi connectivity index (χ0) is 13.1. The summed E-state index contributed by atoms with van der Waals surface area (Å²) in [5.74, 6) is 0.625. The lowest BCUT2D eigenvalue weighted by atomic mass is 9.99. The number of aliphatic hydroxyl groups is 1. The second kappa shape index (κ2) is 4.98. The molecule has 0 aliphatic rings. The highest BCUT2D eigenvalue weighted by molar-refractivity contribution is 5.60. The number of anilines is 1. The van der Waals surface area contributed by atoms with Crippen LogP contribution in [0.15, 0.2) is 42.5 Å². The SMILES string of the molecule is COc1cccc(C(O)c2cccc(O)c2)c1N. The Balaban J connectivity index is 2.43. The van der Waals surface area contributed by atoms with Crippen molar-refractivity contribution in [2.24, 2.45) is 0 Å². The molecule has 1 unspecified atom stereocenters. The summed E-state index contributed by atoms with van der Waals surface area (Å²) in [4.78, 5) is 0. The second-order valence-electron chi connectivity index (χ2n) is 3.96. The van der Waals surface area contributed by atoms with Gasteiger partial charge in [-0.2, -0.15) is 0 Å². The van der Waals surface area contributed by atoms with Crippen molar-refractivity contribution in [1.29, 1.82) is 0 Å². The van der Waals surface area contributed by atoms with Crippen molar-refractivity contribution in [2.45, 2.75) is 6.10 Å². The zero-order valence-corrected chi connectivity index (χ0v) is 10.00. The number of hydrogen-bond acceptors (Lipinski definition) is 4. The van der Waals surface area contributed by atoms with E-state index in [4.69, 9.17) is 10.5 Å². The van der Waals surface area contributed by atoms with E-state index in [1.54, 1.807) is 36.4 Å². The highest BCUT2D eigenvalue weighted by Crippen LogP contribution is 2.33. The van der Waals surface area contributed by atoms with Crippen LogP contribution in [0, 0.1) is 0 Å². The predicted octanol–water partition coefficient (Wildman–Crippen LogP) is 2.06. The van der Waals surface area contributed by atoms with Gasteiger partial charge < -0.3 is 20.7 Å². The first-order chi connectivity index (χ1) is 8.63. The molecule has 0 radical (unpaired) electrons. The van der Waals surface area contributed by atoms with Gasteiger partial charge in [-0.15, -0.1) is 0 Å². The number of ether oxygens (including phenoxy) is 1. The molecule has 94 valence electrons. The van der Waals surface area contributed by atoms with Gasteiger partial charge in [0.2, 0.25) is 0 Å². The number of aromatic hydroxyl groups is 1. The lowest BCUT2D eigenvalue weighted by Gasteiger charge is -2.16. The van der Waals surface area contributed by atoms with E-state index in [-0.39, 0.29) is 5.75 Å². The summed E-state index contributed by atoms with van der Waals surface area (Å²) in [5, 5.41) is 19.7. The van der Waals surface area contributed by atoms with Gasteiger partial charge in [-0.05, 0) is 23.8 Å². The van der Waals surface area contributed by atoms with Crippen molar-refractivity contribution in [2.75, 3.05) is 12.8 Å².